The Morgan fingerprint density at radius 1 is 1.29 bits per heavy atom. The van der Waals surface area contributed by atoms with Gasteiger partial charge in [-0.2, -0.15) is 0 Å². The fourth-order valence-corrected chi connectivity index (χ4v) is 2.21. The molecule has 0 atom stereocenters. The molecule has 2 rings (SSSR count). The van der Waals surface area contributed by atoms with E-state index in [1.807, 2.05) is 0 Å². The number of non-ortho nitro benzene ring substituents is 1. The zero-order valence-corrected chi connectivity index (χ0v) is 9.19. The normalized spacial score (nSPS) is 17.1. The molecule has 0 radical (unpaired) electrons. The minimum Gasteiger partial charge on any atom is -0.300 e. The summed E-state index contributed by atoms with van der Waals surface area (Å²) < 4.78 is 13.7. The highest BCUT2D eigenvalue weighted by Gasteiger charge is 2.23. The number of rotatable bonds is 2. The van der Waals surface area contributed by atoms with Gasteiger partial charge in [0.1, 0.15) is 11.6 Å². The van der Waals surface area contributed by atoms with Crippen LogP contribution in [-0.4, -0.2) is 10.7 Å². The van der Waals surface area contributed by atoms with Gasteiger partial charge in [0.15, 0.2) is 0 Å². The maximum absolute atomic E-state index is 13.7. The van der Waals surface area contributed by atoms with Crippen LogP contribution in [0.25, 0.3) is 0 Å². The molecular weight excluding hydrogens is 225 g/mol. The monoisotopic (exact) mass is 237 g/mol. The summed E-state index contributed by atoms with van der Waals surface area (Å²) in [5, 5.41) is 10.5. The van der Waals surface area contributed by atoms with Gasteiger partial charge in [-0.25, -0.2) is 4.39 Å². The van der Waals surface area contributed by atoms with Gasteiger partial charge in [-0.15, -0.1) is 0 Å². The Kier molecular flexibility index (Phi) is 3.17. The summed E-state index contributed by atoms with van der Waals surface area (Å²) in [4.78, 5) is 20.9. The quantitative estimate of drug-likeness (QED) is 0.586. The molecule has 0 aromatic heterocycles. The molecule has 17 heavy (non-hydrogen) atoms. The SMILES string of the molecule is O=C1CCC(c2ccc([N+](=O)[O-])cc2F)CC1. The van der Waals surface area contributed by atoms with Gasteiger partial charge in [-0.1, -0.05) is 0 Å². The first kappa shape index (κ1) is 11.7. The molecule has 1 aromatic carbocycles. The highest BCUT2D eigenvalue weighted by Crippen LogP contribution is 2.33. The second-order valence-corrected chi connectivity index (χ2v) is 4.28. The Hall–Kier alpha value is -1.78. The number of hydrogen-bond acceptors (Lipinski definition) is 3. The summed E-state index contributed by atoms with van der Waals surface area (Å²) in [5.74, 6) is -0.323. The molecule has 0 heterocycles. The number of nitrogens with zero attached hydrogens (tertiary/aromatic N) is 1. The van der Waals surface area contributed by atoms with Crippen molar-refractivity contribution in [1.82, 2.24) is 0 Å². The lowest BCUT2D eigenvalue weighted by Gasteiger charge is -2.21. The van der Waals surface area contributed by atoms with Crippen LogP contribution < -0.4 is 0 Å². The van der Waals surface area contributed by atoms with Crippen LogP contribution in [0, 0.1) is 15.9 Å². The van der Waals surface area contributed by atoms with Crippen LogP contribution >= 0.6 is 0 Å². The molecule has 1 fully saturated rings. The number of benzene rings is 1. The summed E-state index contributed by atoms with van der Waals surface area (Å²) >= 11 is 0. The Bertz CT molecular complexity index is 463. The summed E-state index contributed by atoms with van der Waals surface area (Å²) in [5.41, 5.74) is 0.251. The molecule has 1 saturated carbocycles. The van der Waals surface area contributed by atoms with E-state index in [1.54, 1.807) is 0 Å². The zero-order chi connectivity index (χ0) is 12.4. The summed E-state index contributed by atoms with van der Waals surface area (Å²) in [6.07, 6.45) is 2.21. The molecule has 0 unspecified atom stereocenters. The van der Waals surface area contributed by atoms with Crippen molar-refractivity contribution in [3.8, 4) is 0 Å². The van der Waals surface area contributed by atoms with E-state index >= 15 is 0 Å². The molecule has 1 aliphatic rings. The van der Waals surface area contributed by atoms with E-state index in [1.165, 1.54) is 12.1 Å². The van der Waals surface area contributed by atoms with E-state index in [9.17, 15) is 19.3 Å². The standard InChI is InChI=1S/C12H12FNO3/c13-12-7-9(14(16)17)3-6-11(12)8-1-4-10(15)5-2-8/h3,6-8H,1-2,4-5H2. The van der Waals surface area contributed by atoms with E-state index in [2.05, 4.69) is 0 Å². The Morgan fingerprint density at radius 2 is 1.94 bits per heavy atom. The predicted octanol–water partition coefficient (Wildman–Crippen LogP) is 2.96. The average molecular weight is 237 g/mol. The fraction of sp³-hybridized carbons (Fsp3) is 0.417. The molecule has 0 spiro atoms. The number of nitro groups is 1. The van der Waals surface area contributed by atoms with E-state index in [-0.39, 0.29) is 17.4 Å². The van der Waals surface area contributed by atoms with Gasteiger partial charge in [0, 0.05) is 18.9 Å². The molecule has 0 bridgehead atoms. The van der Waals surface area contributed by atoms with Crippen LogP contribution in [0.1, 0.15) is 37.2 Å². The summed E-state index contributed by atoms with van der Waals surface area (Å²) in [6, 6.07) is 3.73. The van der Waals surface area contributed by atoms with Crippen LogP contribution in [-0.2, 0) is 4.79 Å². The highest BCUT2D eigenvalue weighted by molar-refractivity contribution is 5.79. The van der Waals surface area contributed by atoms with E-state index < -0.39 is 10.7 Å². The number of carbonyl (C=O) groups excluding carboxylic acids is 1. The smallest absolute Gasteiger partial charge is 0.272 e. The first-order chi connectivity index (χ1) is 8.08. The second kappa shape index (κ2) is 4.61. The van der Waals surface area contributed by atoms with Crippen LogP contribution in [0.3, 0.4) is 0 Å². The van der Waals surface area contributed by atoms with Crippen molar-refractivity contribution >= 4 is 11.5 Å². The molecule has 5 heteroatoms. The Morgan fingerprint density at radius 3 is 2.47 bits per heavy atom. The molecule has 1 aliphatic carbocycles. The molecular formula is C12H12FNO3. The third kappa shape index (κ3) is 2.49. The van der Waals surface area contributed by atoms with Crippen molar-refractivity contribution in [1.29, 1.82) is 0 Å². The average Bonchev–Trinajstić information content (AvgIpc) is 2.30. The molecule has 0 N–H and O–H groups in total. The third-order valence-corrected chi connectivity index (χ3v) is 3.18. The lowest BCUT2D eigenvalue weighted by atomic mass is 9.83. The second-order valence-electron chi connectivity index (χ2n) is 4.28. The number of carbonyl (C=O) groups is 1. The van der Waals surface area contributed by atoms with Gasteiger partial charge in [0.25, 0.3) is 5.69 Å². The Balaban J connectivity index is 2.21. The van der Waals surface area contributed by atoms with Crippen molar-refractivity contribution in [2.24, 2.45) is 0 Å². The van der Waals surface area contributed by atoms with Gasteiger partial charge in [0.05, 0.1) is 11.0 Å². The van der Waals surface area contributed by atoms with E-state index in [4.69, 9.17) is 0 Å². The number of halogens is 1. The molecule has 0 amide bonds. The topological polar surface area (TPSA) is 60.2 Å². The molecule has 90 valence electrons. The van der Waals surface area contributed by atoms with Crippen molar-refractivity contribution in [2.45, 2.75) is 31.6 Å². The molecule has 0 saturated heterocycles. The number of hydrogen-bond donors (Lipinski definition) is 0. The molecule has 4 nitrogen and oxygen atoms in total. The van der Waals surface area contributed by atoms with Crippen molar-refractivity contribution in [3.05, 3.63) is 39.7 Å². The van der Waals surface area contributed by atoms with E-state index in [0.29, 0.717) is 31.2 Å². The molecule has 0 aliphatic heterocycles. The van der Waals surface area contributed by atoms with Crippen molar-refractivity contribution < 1.29 is 14.1 Å². The first-order valence-electron chi connectivity index (χ1n) is 5.53. The van der Waals surface area contributed by atoms with Crippen molar-refractivity contribution in [2.75, 3.05) is 0 Å². The lowest BCUT2D eigenvalue weighted by Crippen LogP contribution is -2.13. The van der Waals surface area contributed by atoms with Gasteiger partial charge in [0.2, 0.25) is 0 Å². The summed E-state index contributed by atoms with van der Waals surface area (Å²) in [6.45, 7) is 0. The maximum atomic E-state index is 13.7. The van der Waals surface area contributed by atoms with Gasteiger partial charge in [-0.05, 0) is 30.4 Å². The largest absolute Gasteiger partial charge is 0.300 e. The van der Waals surface area contributed by atoms with Gasteiger partial charge >= 0.3 is 0 Å². The van der Waals surface area contributed by atoms with Crippen LogP contribution in [0.2, 0.25) is 0 Å². The summed E-state index contributed by atoms with van der Waals surface area (Å²) in [7, 11) is 0. The van der Waals surface area contributed by atoms with Gasteiger partial charge < -0.3 is 0 Å². The molecule has 1 aromatic rings. The minimum absolute atomic E-state index is 0.00787. The lowest BCUT2D eigenvalue weighted by molar-refractivity contribution is -0.385. The zero-order valence-electron chi connectivity index (χ0n) is 9.19. The fourth-order valence-electron chi connectivity index (χ4n) is 2.21. The van der Waals surface area contributed by atoms with Crippen molar-refractivity contribution in [3.63, 3.8) is 0 Å². The van der Waals surface area contributed by atoms with Crippen LogP contribution in [0.5, 0.6) is 0 Å². The third-order valence-electron chi connectivity index (χ3n) is 3.18. The Labute approximate surface area is 97.6 Å². The highest BCUT2D eigenvalue weighted by atomic mass is 19.1. The minimum atomic E-state index is -0.614. The van der Waals surface area contributed by atoms with Crippen LogP contribution in [0.4, 0.5) is 10.1 Å². The van der Waals surface area contributed by atoms with Crippen LogP contribution in [0.15, 0.2) is 18.2 Å². The number of nitro benzene ring substituents is 1. The predicted molar refractivity (Wildman–Crippen MR) is 59.3 cm³/mol. The van der Waals surface area contributed by atoms with E-state index in [0.717, 1.165) is 6.07 Å². The first-order valence-corrected chi connectivity index (χ1v) is 5.53. The number of Topliss-reactive ketones (excluding diaryl/α,β-unsaturated/α-hetero) is 1. The number of ketones is 1. The maximum Gasteiger partial charge on any atom is 0.272 e. The van der Waals surface area contributed by atoms with Gasteiger partial charge in [-0.3, -0.25) is 14.9 Å².